The van der Waals surface area contributed by atoms with Crippen molar-refractivity contribution < 1.29 is 62.9 Å². The lowest BCUT2D eigenvalue weighted by atomic mass is 9.81. The van der Waals surface area contributed by atoms with E-state index in [2.05, 4.69) is 6.58 Å². The number of ketones is 2. The van der Waals surface area contributed by atoms with E-state index in [4.69, 9.17) is 28.4 Å². The summed E-state index contributed by atoms with van der Waals surface area (Å²) in [4.78, 5) is 57.9. The van der Waals surface area contributed by atoms with Crippen LogP contribution in [-0.2, 0) is 47.6 Å². The number of hydrogen-bond donors (Lipinski definition) is 3. The molecule has 0 aromatic rings. The van der Waals surface area contributed by atoms with Crippen LogP contribution in [0.25, 0.3) is 0 Å². The lowest BCUT2D eigenvalue weighted by Gasteiger charge is -2.47. The molecule has 58 heavy (non-hydrogen) atoms. The minimum absolute atomic E-state index is 0.0213. The molecule has 4 rings (SSSR count). The molecular weight excluding hydrogens is 750 g/mol. The average molecular weight is 820 g/mol. The van der Waals surface area contributed by atoms with E-state index in [0.717, 1.165) is 10.5 Å². The molecule has 2 bridgehead atoms. The number of Topliss-reactive ketones (excluding diaryl/α,β-unsaturated/α-hetero) is 2. The number of aliphatic hydroxyl groups is 3. The van der Waals surface area contributed by atoms with E-state index >= 15 is 0 Å². The zero-order valence-corrected chi connectivity index (χ0v) is 35.8. The summed E-state index contributed by atoms with van der Waals surface area (Å²) in [6, 6.07) is -1.16. The second-order valence-corrected chi connectivity index (χ2v) is 17.0. The number of ether oxygens (including phenoxy) is 6. The van der Waals surface area contributed by atoms with Crippen LogP contribution in [0.4, 0.5) is 0 Å². The van der Waals surface area contributed by atoms with E-state index in [0.29, 0.717) is 50.5 Å². The molecule has 14 nitrogen and oxygen atoms in total. The van der Waals surface area contributed by atoms with Crippen LogP contribution in [0.1, 0.15) is 98.3 Å². The van der Waals surface area contributed by atoms with Crippen molar-refractivity contribution >= 4 is 23.4 Å². The molecule has 2 saturated heterocycles. The summed E-state index contributed by atoms with van der Waals surface area (Å²) in [6.07, 6.45) is 3.52. The summed E-state index contributed by atoms with van der Waals surface area (Å²) in [6.45, 7) is 11.0. The first-order valence-electron chi connectivity index (χ1n) is 21.0. The third kappa shape index (κ3) is 11.3. The molecule has 1 aliphatic carbocycles. The van der Waals surface area contributed by atoms with Crippen molar-refractivity contribution in [2.75, 3.05) is 35.0 Å². The number of hydrogen-bond acceptors (Lipinski definition) is 13. The van der Waals surface area contributed by atoms with Crippen LogP contribution in [0.15, 0.2) is 36.0 Å². The molecule has 3 heterocycles. The molecule has 0 aromatic heterocycles. The Labute approximate surface area is 344 Å². The van der Waals surface area contributed by atoms with Gasteiger partial charge >= 0.3 is 5.97 Å². The fourth-order valence-electron chi connectivity index (χ4n) is 9.28. The van der Waals surface area contributed by atoms with Crippen molar-refractivity contribution in [2.24, 2.45) is 23.7 Å². The molecule has 0 spiro atoms. The quantitative estimate of drug-likeness (QED) is 0.181. The van der Waals surface area contributed by atoms with Gasteiger partial charge < -0.3 is 48.6 Å². The van der Waals surface area contributed by atoms with E-state index < -0.39 is 90.0 Å². The summed E-state index contributed by atoms with van der Waals surface area (Å²) >= 11 is 0. The van der Waals surface area contributed by atoms with Gasteiger partial charge in [0, 0.05) is 65.6 Å². The first kappa shape index (κ1) is 47.9. The van der Waals surface area contributed by atoms with Gasteiger partial charge in [-0.2, -0.15) is 0 Å². The number of cyclic esters (lactones) is 1. The smallest absolute Gasteiger partial charge is 0.329 e. The van der Waals surface area contributed by atoms with Crippen LogP contribution in [0.5, 0.6) is 0 Å². The number of rotatable bonds is 8. The molecule has 0 radical (unpaired) electrons. The predicted molar refractivity (Wildman–Crippen MR) is 214 cm³/mol. The maximum atomic E-state index is 14.3. The first-order valence-corrected chi connectivity index (χ1v) is 21.0. The summed E-state index contributed by atoms with van der Waals surface area (Å²) in [5, 5.41) is 34.2. The van der Waals surface area contributed by atoms with Crippen molar-refractivity contribution in [3.63, 3.8) is 0 Å². The van der Waals surface area contributed by atoms with E-state index in [9.17, 15) is 34.5 Å². The number of methoxy groups -OCH3 is 4. The molecule has 4 aliphatic rings. The van der Waals surface area contributed by atoms with Crippen molar-refractivity contribution in [3.05, 3.63) is 36.0 Å². The highest BCUT2D eigenvalue weighted by Gasteiger charge is 2.56. The molecule has 3 N–H and O–H groups in total. The SMILES string of the molecule is C=CC[C@@H]1/C=C(\C)C[C@H](OC)C[C@H](OC)[C@H]2O[C@@](O)(C(=O)C(=O)N3CCCC[C@H]3C(=O)O[C@H](/C(C)=C/[C@@H]3CC[C@@H](O)[C@H](OC)C3)[C@H](C)[C@@H](O)CC1=O)[C@H](C)C[C@@H]2OC. The number of nitrogens with zero attached hydrogens (tertiary/aromatic N) is 1. The Morgan fingerprint density at radius 1 is 0.914 bits per heavy atom. The van der Waals surface area contributed by atoms with Gasteiger partial charge in [-0.15, -0.1) is 6.58 Å². The Bertz CT molecular complexity index is 1500. The Kier molecular flexibility index (Phi) is 17.8. The maximum Gasteiger partial charge on any atom is 0.329 e. The van der Waals surface area contributed by atoms with Crippen molar-refractivity contribution in [3.8, 4) is 0 Å². The molecule has 3 fully saturated rings. The summed E-state index contributed by atoms with van der Waals surface area (Å²) in [7, 11) is 6.10. The van der Waals surface area contributed by atoms with Gasteiger partial charge in [0.05, 0.1) is 36.6 Å². The fraction of sp³-hybridized carbons (Fsp3) is 0.773. The zero-order valence-electron chi connectivity index (χ0n) is 35.8. The van der Waals surface area contributed by atoms with Crippen LogP contribution in [-0.4, -0.2) is 139 Å². The Morgan fingerprint density at radius 2 is 1.59 bits per heavy atom. The Balaban J connectivity index is 1.79. The van der Waals surface area contributed by atoms with E-state index in [1.54, 1.807) is 41.1 Å². The van der Waals surface area contributed by atoms with Crippen molar-refractivity contribution in [1.82, 2.24) is 4.90 Å². The molecule has 14 heteroatoms. The molecule has 0 unspecified atom stereocenters. The van der Waals surface area contributed by atoms with Crippen LogP contribution >= 0.6 is 0 Å². The molecule has 3 aliphatic heterocycles. The van der Waals surface area contributed by atoms with Crippen LogP contribution in [0, 0.1) is 23.7 Å². The predicted octanol–water partition coefficient (Wildman–Crippen LogP) is 4.02. The summed E-state index contributed by atoms with van der Waals surface area (Å²) < 4.78 is 35.6. The van der Waals surface area contributed by atoms with Gasteiger partial charge in [0.25, 0.3) is 11.7 Å². The minimum Gasteiger partial charge on any atom is -0.456 e. The number of aliphatic hydroxyl groups excluding tert-OH is 2. The molecule has 1 saturated carbocycles. The largest absolute Gasteiger partial charge is 0.456 e. The van der Waals surface area contributed by atoms with Crippen LogP contribution in [0.3, 0.4) is 0 Å². The van der Waals surface area contributed by atoms with Gasteiger partial charge in [-0.3, -0.25) is 14.4 Å². The highest BCUT2D eigenvalue weighted by atomic mass is 16.7. The Hall–Kier alpha value is -2.82. The number of allylic oxidation sites excluding steroid dienone is 3. The van der Waals surface area contributed by atoms with Gasteiger partial charge in [0.2, 0.25) is 5.79 Å². The Morgan fingerprint density at radius 3 is 2.22 bits per heavy atom. The van der Waals surface area contributed by atoms with Crippen LogP contribution < -0.4 is 0 Å². The number of amides is 1. The normalized spacial score (nSPS) is 40.5. The molecule has 328 valence electrons. The highest BCUT2D eigenvalue weighted by molar-refractivity contribution is 6.39. The second-order valence-electron chi connectivity index (χ2n) is 17.0. The lowest BCUT2D eigenvalue weighted by molar-refractivity contribution is -0.303. The third-order valence-electron chi connectivity index (χ3n) is 12.9. The standard InChI is InChI=1S/C44H69NO13/c1-10-13-30-18-25(2)19-31(53-6)23-38(56-9)40-37(55-8)21-27(4)44(52,58-40)41(49)42(50)45-17-12-11-14-32(45)43(51)57-39(28(5)34(47)24-35(30)48)26(3)20-29-15-16-33(46)36(22-29)54-7/h10,18,20,27-34,36-40,46-47,52H,1,11-17,19,21-24H2,2-9H3/b25-18+,26-20+/t27-,28-,29+,30-,31+,32+,33-,34+,36-,37+,38+,39-,40+,44-/m1/s1. The molecule has 14 atom stereocenters. The maximum absolute atomic E-state index is 14.3. The lowest BCUT2D eigenvalue weighted by Crippen LogP contribution is -2.64. The van der Waals surface area contributed by atoms with E-state index in [-0.39, 0.29) is 50.0 Å². The number of esters is 1. The molecule has 1 amide bonds. The molecule has 0 aromatic carbocycles. The fourth-order valence-corrected chi connectivity index (χ4v) is 9.28. The van der Waals surface area contributed by atoms with Gasteiger partial charge in [-0.05, 0) is 83.1 Å². The van der Waals surface area contributed by atoms with Gasteiger partial charge in [-0.1, -0.05) is 37.6 Å². The first-order chi connectivity index (χ1) is 27.5. The number of piperidine rings is 1. The second kappa shape index (κ2) is 21.6. The summed E-state index contributed by atoms with van der Waals surface area (Å²) in [5.41, 5.74) is 1.49. The monoisotopic (exact) mass is 819 g/mol. The average Bonchev–Trinajstić information content (AvgIpc) is 3.21. The van der Waals surface area contributed by atoms with Crippen molar-refractivity contribution in [1.29, 1.82) is 0 Å². The third-order valence-corrected chi connectivity index (χ3v) is 12.9. The summed E-state index contributed by atoms with van der Waals surface area (Å²) in [5.74, 6) is -8.03. The van der Waals surface area contributed by atoms with Crippen LogP contribution in [0.2, 0.25) is 0 Å². The van der Waals surface area contributed by atoms with Gasteiger partial charge in [0.15, 0.2) is 0 Å². The minimum atomic E-state index is -2.55. The number of fused-ring (bicyclic) bond motifs is 3. The zero-order chi connectivity index (χ0) is 42.9. The number of carbonyl (C=O) groups is 4. The van der Waals surface area contributed by atoms with E-state index in [1.807, 2.05) is 19.1 Å². The highest BCUT2D eigenvalue weighted by Crippen LogP contribution is 2.39. The number of carbonyl (C=O) groups excluding carboxylic acids is 4. The topological polar surface area (TPSA) is 188 Å². The molecular formula is C44H69NO13. The van der Waals surface area contributed by atoms with Gasteiger partial charge in [0.1, 0.15) is 24.0 Å². The van der Waals surface area contributed by atoms with Crippen molar-refractivity contribution in [2.45, 2.75) is 159 Å². The van der Waals surface area contributed by atoms with E-state index in [1.165, 1.54) is 14.2 Å². The van der Waals surface area contributed by atoms with Gasteiger partial charge in [-0.25, -0.2) is 4.79 Å².